The maximum atomic E-state index is 11.9. The Bertz CT molecular complexity index is 242. The third-order valence-corrected chi connectivity index (χ3v) is 3.28. The lowest BCUT2D eigenvalue weighted by Crippen LogP contribution is -2.41. The Morgan fingerprint density at radius 2 is 2.00 bits per heavy atom. The van der Waals surface area contributed by atoms with E-state index in [1.165, 1.54) is 0 Å². The Hall–Kier alpha value is -0.320. The van der Waals surface area contributed by atoms with Crippen LogP contribution in [0.4, 0.5) is 0 Å². The van der Waals surface area contributed by atoms with E-state index in [-0.39, 0.29) is 12.4 Å². The molecule has 0 aromatic carbocycles. The monoisotopic (exact) mass is 292 g/mol. The van der Waals surface area contributed by atoms with Crippen LogP contribution in [0.15, 0.2) is 0 Å². The van der Waals surface area contributed by atoms with E-state index < -0.39 is 0 Å². The molecular weight excluding hydrogens is 264 g/mol. The van der Waals surface area contributed by atoms with E-state index in [4.69, 9.17) is 4.74 Å². The highest BCUT2D eigenvalue weighted by Crippen LogP contribution is 2.15. The molecule has 1 heterocycles. The van der Waals surface area contributed by atoms with Crippen LogP contribution in [0.3, 0.4) is 0 Å². The van der Waals surface area contributed by atoms with Crippen LogP contribution in [0.5, 0.6) is 0 Å². The van der Waals surface area contributed by atoms with Crippen molar-refractivity contribution in [2.45, 2.75) is 45.6 Å². The maximum absolute atomic E-state index is 11.9. The van der Waals surface area contributed by atoms with Crippen LogP contribution >= 0.6 is 12.4 Å². The number of piperidine rings is 1. The molecule has 19 heavy (non-hydrogen) atoms. The summed E-state index contributed by atoms with van der Waals surface area (Å²) in [5, 5.41) is 3.07. The molecule has 0 atom stereocenters. The lowest BCUT2D eigenvalue weighted by atomic mass is 10.1. The summed E-state index contributed by atoms with van der Waals surface area (Å²) in [6.45, 7) is 7.81. The normalized spacial score (nSPS) is 16.5. The molecule has 0 bridgehead atoms. The summed E-state index contributed by atoms with van der Waals surface area (Å²) in [6.07, 6.45) is 3.93. The Labute approximate surface area is 123 Å². The highest BCUT2D eigenvalue weighted by atomic mass is 35.5. The van der Waals surface area contributed by atoms with Crippen molar-refractivity contribution in [3.63, 3.8) is 0 Å². The van der Waals surface area contributed by atoms with Crippen molar-refractivity contribution in [2.24, 2.45) is 5.92 Å². The van der Waals surface area contributed by atoms with Crippen LogP contribution in [-0.4, -0.2) is 50.2 Å². The molecule has 5 heteroatoms. The molecule has 1 aliphatic rings. The van der Waals surface area contributed by atoms with E-state index in [2.05, 4.69) is 19.2 Å². The smallest absolute Gasteiger partial charge is 0.222 e. The molecule has 0 aromatic rings. The van der Waals surface area contributed by atoms with Gasteiger partial charge in [-0.05, 0) is 38.8 Å². The first-order valence-corrected chi connectivity index (χ1v) is 7.17. The first-order chi connectivity index (χ1) is 8.63. The number of hydrogen-bond acceptors (Lipinski definition) is 3. The van der Waals surface area contributed by atoms with Crippen LogP contribution in [0.1, 0.15) is 39.5 Å². The molecule has 1 fully saturated rings. The van der Waals surface area contributed by atoms with Gasteiger partial charge in [0.1, 0.15) is 0 Å². The quantitative estimate of drug-likeness (QED) is 0.731. The molecule has 0 unspecified atom stereocenters. The van der Waals surface area contributed by atoms with Gasteiger partial charge in [0.25, 0.3) is 0 Å². The minimum absolute atomic E-state index is 0. The number of hydrogen-bond donors (Lipinski definition) is 1. The van der Waals surface area contributed by atoms with E-state index in [0.717, 1.165) is 45.5 Å². The largest absolute Gasteiger partial charge is 0.378 e. The van der Waals surface area contributed by atoms with Crippen molar-refractivity contribution in [3.05, 3.63) is 0 Å². The molecule has 0 aromatic heterocycles. The van der Waals surface area contributed by atoms with E-state index in [1.54, 1.807) is 0 Å². The lowest BCUT2D eigenvalue weighted by molar-refractivity contribution is -0.134. The van der Waals surface area contributed by atoms with Crippen LogP contribution in [-0.2, 0) is 9.53 Å². The minimum Gasteiger partial charge on any atom is -0.378 e. The van der Waals surface area contributed by atoms with E-state index in [0.29, 0.717) is 24.3 Å². The molecule has 1 amide bonds. The lowest BCUT2D eigenvalue weighted by Gasteiger charge is -2.32. The summed E-state index contributed by atoms with van der Waals surface area (Å²) in [4.78, 5) is 13.9. The minimum atomic E-state index is 0. The molecule has 0 radical (unpaired) electrons. The van der Waals surface area contributed by atoms with Crippen LogP contribution in [0.2, 0.25) is 0 Å². The van der Waals surface area contributed by atoms with Gasteiger partial charge in [0.2, 0.25) is 5.91 Å². The van der Waals surface area contributed by atoms with Gasteiger partial charge < -0.3 is 15.0 Å². The number of ether oxygens (including phenoxy) is 1. The average Bonchev–Trinajstić information content (AvgIpc) is 2.37. The van der Waals surface area contributed by atoms with Crippen molar-refractivity contribution >= 4 is 18.3 Å². The Balaban J connectivity index is 0.00000324. The highest BCUT2D eigenvalue weighted by molar-refractivity contribution is 5.85. The molecule has 114 valence electrons. The van der Waals surface area contributed by atoms with Crippen LogP contribution in [0, 0.1) is 5.92 Å². The summed E-state index contributed by atoms with van der Waals surface area (Å²) in [5.74, 6) is 0.888. The van der Waals surface area contributed by atoms with Gasteiger partial charge in [0.05, 0.1) is 6.10 Å². The second kappa shape index (κ2) is 10.5. The summed E-state index contributed by atoms with van der Waals surface area (Å²) in [7, 11) is 1.92. The Morgan fingerprint density at radius 1 is 1.37 bits per heavy atom. The number of likely N-dealkylation sites (tertiary alicyclic amines) is 1. The number of halogens is 1. The molecule has 0 aliphatic carbocycles. The number of carbonyl (C=O) groups is 1. The molecule has 1 saturated heterocycles. The number of nitrogens with zero attached hydrogens (tertiary/aromatic N) is 1. The topological polar surface area (TPSA) is 41.6 Å². The Kier molecular flexibility index (Phi) is 10.3. The fraction of sp³-hybridized carbons (Fsp3) is 0.929. The number of amides is 1. The summed E-state index contributed by atoms with van der Waals surface area (Å²) in [6, 6.07) is 0. The van der Waals surface area contributed by atoms with Crippen molar-refractivity contribution in [3.8, 4) is 0 Å². The zero-order valence-electron chi connectivity index (χ0n) is 12.5. The summed E-state index contributed by atoms with van der Waals surface area (Å²) in [5.41, 5.74) is 0. The first-order valence-electron chi connectivity index (χ1n) is 7.17. The Morgan fingerprint density at radius 3 is 2.53 bits per heavy atom. The predicted octanol–water partition coefficient (Wildman–Crippen LogP) is 2.07. The van der Waals surface area contributed by atoms with Gasteiger partial charge in [-0.15, -0.1) is 12.4 Å². The molecule has 0 spiro atoms. The van der Waals surface area contributed by atoms with Crippen LogP contribution < -0.4 is 5.32 Å². The van der Waals surface area contributed by atoms with Gasteiger partial charge in [-0.1, -0.05) is 13.8 Å². The van der Waals surface area contributed by atoms with Crippen molar-refractivity contribution in [1.82, 2.24) is 10.2 Å². The third kappa shape index (κ3) is 7.75. The third-order valence-electron chi connectivity index (χ3n) is 3.28. The summed E-state index contributed by atoms with van der Waals surface area (Å²) >= 11 is 0. The zero-order valence-corrected chi connectivity index (χ0v) is 13.3. The molecule has 0 saturated carbocycles. The van der Waals surface area contributed by atoms with Crippen molar-refractivity contribution in [2.75, 3.05) is 33.3 Å². The van der Waals surface area contributed by atoms with Gasteiger partial charge in [-0.25, -0.2) is 0 Å². The van der Waals surface area contributed by atoms with Crippen LogP contribution in [0.25, 0.3) is 0 Å². The highest BCUT2D eigenvalue weighted by Gasteiger charge is 2.22. The second-order valence-electron chi connectivity index (χ2n) is 5.51. The van der Waals surface area contributed by atoms with E-state index in [9.17, 15) is 4.79 Å². The fourth-order valence-electron chi connectivity index (χ4n) is 2.17. The van der Waals surface area contributed by atoms with Crippen molar-refractivity contribution in [1.29, 1.82) is 0 Å². The van der Waals surface area contributed by atoms with Gasteiger partial charge in [0.15, 0.2) is 0 Å². The number of rotatable bonds is 7. The molecule has 1 rings (SSSR count). The predicted molar refractivity (Wildman–Crippen MR) is 80.8 cm³/mol. The fourth-order valence-corrected chi connectivity index (χ4v) is 2.17. The summed E-state index contributed by atoms with van der Waals surface area (Å²) < 4.78 is 5.82. The van der Waals surface area contributed by atoms with E-state index in [1.807, 2.05) is 11.9 Å². The number of carbonyl (C=O) groups excluding carboxylic acids is 1. The zero-order chi connectivity index (χ0) is 13.4. The van der Waals surface area contributed by atoms with Gasteiger partial charge in [-0.2, -0.15) is 0 Å². The SMILES string of the molecule is CNCCCC(=O)N1CCC(OCC(C)C)CC1.Cl. The standard InChI is InChI=1S/C14H28N2O2.ClH/c1-12(2)11-18-13-6-9-16(10-7-13)14(17)5-4-8-15-3;/h12-13,15H,4-11H2,1-3H3;1H. The van der Waals surface area contributed by atoms with Crippen molar-refractivity contribution < 1.29 is 9.53 Å². The molecule has 4 nitrogen and oxygen atoms in total. The first kappa shape index (κ1) is 18.7. The molecule has 1 aliphatic heterocycles. The van der Waals surface area contributed by atoms with Gasteiger partial charge >= 0.3 is 0 Å². The van der Waals surface area contributed by atoms with Gasteiger partial charge in [-0.3, -0.25) is 4.79 Å². The maximum Gasteiger partial charge on any atom is 0.222 e. The van der Waals surface area contributed by atoms with E-state index >= 15 is 0 Å². The number of nitrogens with one attached hydrogen (secondary N) is 1. The molecule has 1 N–H and O–H groups in total. The van der Waals surface area contributed by atoms with Gasteiger partial charge in [0, 0.05) is 26.1 Å². The average molecular weight is 293 g/mol. The second-order valence-corrected chi connectivity index (χ2v) is 5.51. The molecular formula is C14H29ClN2O2.